The maximum Gasteiger partial charge on any atom is 0.0932 e. The number of aliphatic hydroxyl groups excluding tert-OH is 3. The number of piperazine rings is 1. The highest BCUT2D eigenvalue weighted by molar-refractivity contribution is 4.72. The van der Waals surface area contributed by atoms with Gasteiger partial charge in [-0.25, -0.2) is 0 Å². The fraction of sp³-hybridized carbons (Fsp3) is 1.00. The number of ether oxygens (including phenoxy) is 1. The van der Waals surface area contributed by atoms with Crippen molar-refractivity contribution in [2.24, 2.45) is 5.92 Å². The Hall–Kier alpha value is -0.280. The minimum Gasteiger partial charge on any atom is -0.396 e. The Labute approximate surface area is 134 Å². The molecule has 0 aliphatic carbocycles. The predicted octanol–water partition coefficient (Wildman–Crippen LogP) is -1.86. The van der Waals surface area contributed by atoms with Crippen molar-refractivity contribution in [1.29, 1.82) is 0 Å². The number of morpholine rings is 1. The second-order valence-electron chi connectivity index (χ2n) is 6.27. The zero-order chi connectivity index (χ0) is 16.4. The number of hydrogen-bond acceptors (Lipinski definition) is 7. The minimum absolute atomic E-state index is 0.0309. The molecule has 0 saturated carbocycles. The lowest BCUT2D eigenvalue weighted by Crippen LogP contribution is -2.46. The fourth-order valence-electron chi connectivity index (χ4n) is 2.55. The number of likely N-dealkylation sites (N-methyl/N-ethyl adjacent to an activating group) is 2. The van der Waals surface area contributed by atoms with Gasteiger partial charge in [0, 0.05) is 64.9 Å². The number of aliphatic hydroxyl groups is 3. The first-order valence-electron chi connectivity index (χ1n) is 8.12. The molecule has 132 valence electrons. The molecule has 2 fully saturated rings. The second kappa shape index (κ2) is 11.3. The van der Waals surface area contributed by atoms with Gasteiger partial charge < -0.3 is 34.8 Å². The van der Waals surface area contributed by atoms with Crippen LogP contribution in [0.2, 0.25) is 0 Å². The van der Waals surface area contributed by atoms with E-state index in [-0.39, 0.29) is 31.8 Å². The van der Waals surface area contributed by atoms with Crippen molar-refractivity contribution >= 4 is 0 Å². The Balaban J connectivity index is 0.000000235. The lowest BCUT2D eigenvalue weighted by molar-refractivity contribution is -0.0453. The van der Waals surface area contributed by atoms with Gasteiger partial charge in [0.2, 0.25) is 0 Å². The SMILES string of the molecule is CN1CCN(CC(CO)CO)CC1.CN1CCO[C@@H](CO)C1. The maximum absolute atomic E-state index is 8.91. The van der Waals surface area contributed by atoms with Crippen LogP contribution in [-0.4, -0.2) is 122 Å². The Kier molecular flexibility index (Phi) is 10.1. The van der Waals surface area contributed by atoms with Crippen LogP contribution in [-0.2, 0) is 4.74 Å². The molecule has 2 aliphatic heterocycles. The summed E-state index contributed by atoms with van der Waals surface area (Å²) in [4.78, 5) is 6.75. The summed E-state index contributed by atoms with van der Waals surface area (Å²) >= 11 is 0. The van der Waals surface area contributed by atoms with Gasteiger partial charge in [-0.15, -0.1) is 0 Å². The van der Waals surface area contributed by atoms with Crippen LogP contribution in [0.3, 0.4) is 0 Å². The van der Waals surface area contributed by atoms with Crippen molar-refractivity contribution in [3.8, 4) is 0 Å². The van der Waals surface area contributed by atoms with Crippen molar-refractivity contribution in [2.45, 2.75) is 6.10 Å². The molecule has 0 bridgehead atoms. The van der Waals surface area contributed by atoms with E-state index in [2.05, 4.69) is 21.7 Å². The maximum atomic E-state index is 8.91. The van der Waals surface area contributed by atoms with Gasteiger partial charge in [-0.1, -0.05) is 0 Å². The van der Waals surface area contributed by atoms with E-state index >= 15 is 0 Å². The molecule has 2 rings (SSSR count). The Morgan fingerprint density at radius 1 is 0.955 bits per heavy atom. The summed E-state index contributed by atoms with van der Waals surface area (Å²) in [6, 6.07) is 0. The quantitative estimate of drug-likeness (QED) is 0.549. The first kappa shape index (κ1) is 19.8. The molecule has 0 aromatic rings. The molecule has 1 atom stereocenters. The van der Waals surface area contributed by atoms with E-state index in [1.807, 2.05) is 7.05 Å². The third-order valence-electron chi connectivity index (χ3n) is 4.17. The Bertz CT molecular complexity index is 272. The van der Waals surface area contributed by atoms with Crippen LogP contribution in [0.5, 0.6) is 0 Å². The van der Waals surface area contributed by atoms with Gasteiger partial charge in [0.15, 0.2) is 0 Å². The fourth-order valence-corrected chi connectivity index (χ4v) is 2.55. The largest absolute Gasteiger partial charge is 0.396 e. The van der Waals surface area contributed by atoms with Gasteiger partial charge in [-0.05, 0) is 14.1 Å². The molecule has 7 nitrogen and oxygen atoms in total. The second-order valence-corrected chi connectivity index (χ2v) is 6.27. The highest BCUT2D eigenvalue weighted by Gasteiger charge is 2.17. The van der Waals surface area contributed by atoms with Crippen LogP contribution in [0.15, 0.2) is 0 Å². The third-order valence-corrected chi connectivity index (χ3v) is 4.17. The molecule has 2 saturated heterocycles. The van der Waals surface area contributed by atoms with Crippen molar-refractivity contribution in [3.05, 3.63) is 0 Å². The van der Waals surface area contributed by atoms with Crippen molar-refractivity contribution < 1.29 is 20.1 Å². The van der Waals surface area contributed by atoms with Gasteiger partial charge in [-0.2, -0.15) is 0 Å². The van der Waals surface area contributed by atoms with Crippen molar-refractivity contribution in [2.75, 3.05) is 86.3 Å². The van der Waals surface area contributed by atoms with E-state index in [0.29, 0.717) is 0 Å². The van der Waals surface area contributed by atoms with Gasteiger partial charge >= 0.3 is 0 Å². The van der Waals surface area contributed by atoms with Gasteiger partial charge in [0.25, 0.3) is 0 Å². The smallest absolute Gasteiger partial charge is 0.0932 e. The molecule has 0 radical (unpaired) electrons. The molecule has 2 aliphatic rings. The summed E-state index contributed by atoms with van der Waals surface area (Å²) in [5.74, 6) is 0.0309. The van der Waals surface area contributed by atoms with E-state index in [9.17, 15) is 0 Å². The zero-order valence-electron chi connectivity index (χ0n) is 14.0. The predicted molar refractivity (Wildman–Crippen MR) is 85.9 cm³/mol. The van der Waals surface area contributed by atoms with Crippen LogP contribution >= 0.6 is 0 Å². The highest BCUT2D eigenvalue weighted by atomic mass is 16.5. The minimum atomic E-state index is 0.0309. The molecule has 0 aromatic carbocycles. The lowest BCUT2D eigenvalue weighted by atomic mass is 10.1. The molecular weight excluding hydrogens is 286 g/mol. The molecule has 2 heterocycles. The molecule has 0 amide bonds. The summed E-state index contributed by atoms with van der Waals surface area (Å²) < 4.78 is 5.21. The van der Waals surface area contributed by atoms with E-state index in [0.717, 1.165) is 52.4 Å². The van der Waals surface area contributed by atoms with E-state index in [1.165, 1.54) is 0 Å². The summed E-state index contributed by atoms with van der Waals surface area (Å²) in [5.41, 5.74) is 0. The molecule has 7 heteroatoms. The summed E-state index contributed by atoms with van der Waals surface area (Å²) in [7, 11) is 4.15. The first-order valence-corrected chi connectivity index (χ1v) is 8.12. The monoisotopic (exact) mass is 319 g/mol. The average Bonchev–Trinajstić information content (AvgIpc) is 2.55. The lowest BCUT2D eigenvalue weighted by Gasteiger charge is -2.33. The van der Waals surface area contributed by atoms with Gasteiger partial charge in [-0.3, -0.25) is 0 Å². The normalized spacial score (nSPS) is 25.1. The number of hydrogen-bond donors (Lipinski definition) is 3. The zero-order valence-corrected chi connectivity index (χ0v) is 14.0. The average molecular weight is 319 g/mol. The van der Waals surface area contributed by atoms with E-state index in [4.69, 9.17) is 20.1 Å². The molecule has 0 spiro atoms. The van der Waals surface area contributed by atoms with Crippen LogP contribution in [0, 0.1) is 5.92 Å². The van der Waals surface area contributed by atoms with Crippen LogP contribution in [0.25, 0.3) is 0 Å². The number of rotatable bonds is 5. The summed E-state index contributed by atoms with van der Waals surface area (Å²) in [6.45, 7) is 8.00. The molecule has 0 aromatic heterocycles. The Morgan fingerprint density at radius 2 is 1.59 bits per heavy atom. The summed E-state index contributed by atoms with van der Waals surface area (Å²) in [5, 5.41) is 26.5. The number of nitrogens with zero attached hydrogens (tertiary/aromatic N) is 3. The van der Waals surface area contributed by atoms with E-state index < -0.39 is 0 Å². The topological polar surface area (TPSA) is 79.6 Å². The molecular formula is C15H33N3O4. The molecule has 0 unspecified atom stereocenters. The first-order chi connectivity index (χ1) is 10.6. The summed E-state index contributed by atoms with van der Waals surface area (Å²) in [6.07, 6.45) is 0.0451. The highest BCUT2D eigenvalue weighted by Crippen LogP contribution is 2.03. The van der Waals surface area contributed by atoms with Crippen LogP contribution in [0.4, 0.5) is 0 Å². The standard InChI is InChI=1S/C9H20N2O2.C6H13NO2/c1-10-2-4-11(5-3-10)6-9(7-12)8-13;1-7-2-3-9-6(4-7)5-8/h9,12-13H,2-8H2,1H3;6,8H,2-5H2,1H3/t;6-/m.1/s1. The molecule has 3 N–H and O–H groups in total. The van der Waals surface area contributed by atoms with Crippen LogP contribution in [0.1, 0.15) is 0 Å². The van der Waals surface area contributed by atoms with Crippen LogP contribution < -0.4 is 0 Å². The van der Waals surface area contributed by atoms with E-state index in [1.54, 1.807) is 0 Å². The van der Waals surface area contributed by atoms with Crippen molar-refractivity contribution in [1.82, 2.24) is 14.7 Å². The van der Waals surface area contributed by atoms with Crippen molar-refractivity contribution in [3.63, 3.8) is 0 Å². The Morgan fingerprint density at radius 3 is 2.05 bits per heavy atom. The molecule has 22 heavy (non-hydrogen) atoms. The van der Waals surface area contributed by atoms with Gasteiger partial charge in [0.05, 0.1) is 19.3 Å². The van der Waals surface area contributed by atoms with Gasteiger partial charge in [0.1, 0.15) is 0 Å². The third kappa shape index (κ3) is 7.82.